The second-order valence-electron chi connectivity index (χ2n) is 3.94. The van der Waals surface area contributed by atoms with E-state index in [1.807, 2.05) is 6.92 Å². The lowest BCUT2D eigenvalue weighted by Crippen LogP contribution is -2.30. The number of hydrogen-bond donors (Lipinski definition) is 1. The van der Waals surface area contributed by atoms with E-state index in [-0.39, 0.29) is 5.97 Å². The van der Waals surface area contributed by atoms with E-state index < -0.39 is 0 Å². The molecule has 0 aliphatic heterocycles. The summed E-state index contributed by atoms with van der Waals surface area (Å²) in [4.78, 5) is 11.0. The zero-order valence-corrected chi connectivity index (χ0v) is 9.05. The minimum Gasteiger partial charge on any atom is -0.465 e. The van der Waals surface area contributed by atoms with Crippen molar-refractivity contribution in [1.29, 1.82) is 0 Å². The highest BCUT2D eigenvalue weighted by molar-refractivity contribution is 5.71. The summed E-state index contributed by atoms with van der Waals surface area (Å²) in [6, 6.07) is 0. The van der Waals surface area contributed by atoms with Gasteiger partial charge in [-0.05, 0) is 32.2 Å². The normalized spacial score (nSPS) is 18.1. The van der Waals surface area contributed by atoms with Crippen molar-refractivity contribution in [2.75, 3.05) is 19.7 Å². The fourth-order valence-electron chi connectivity index (χ4n) is 1.98. The third-order valence-electron chi connectivity index (χ3n) is 2.73. The second kappa shape index (κ2) is 6.82. The van der Waals surface area contributed by atoms with Crippen molar-refractivity contribution in [3.05, 3.63) is 0 Å². The first-order valence-corrected chi connectivity index (χ1v) is 5.69. The SMILES string of the molecule is CCOC(=O)CNCC1CCCCC1. The Morgan fingerprint density at radius 2 is 2.07 bits per heavy atom. The molecule has 3 heteroatoms. The molecule has 3 nitrogen and oxygen atoms in total. The lowest BCUT2D eigenvalue weighted by molar-refractivity contribution is -0.142. The molecule has 82 valence electrons. The summed E-state index contributed by atoms with van der Waals surface area (Å²) < 4.78 is 4.83. The van der Waals surface area contributed by atoms with Gasteiger partial charge in [0.25, 0.3) is 0 Å². The monoisotopic (exact) mass is 199 g/mol. The molecule has 0 heterocycles. The minimum absolute atomic E-state index is 0.136. The molecule has 0 radical (unpaired) electrons. The molecule has 1 rings (SSSR count). The largest absolute Gasteiger partial charge is 0.465 e. The molecule has 1 fully saturated rings. The summed E-state index contributed by atoms with van der Waals surface area (Å²) in [5, 5.41) is 3.17. The number of carbonyl (C=O) groups excluding carboxylic acids is 1. The van der Waals surface area contributed by atoms with E-state index in [4.69, 9.17) is 4.74 Å². The van der Waals surface area contributed by atoms with Crippen molar-refractivity contribution in [2.45, 2.75) is 39.0 Å². The number of nitrogens with one attached hydrogen (secondary N) is 1. The molecular formula is C11H21NO2. The standard InChI is InChI=1S/C11H21NO2/c1-2-14-11(13)9-12-8-10-6-4-3-5-7-10/h10,12H,2-9H2,1H3. The van der Waals surface area contributed by atoms with Crippen LogP contribution in [0.4, 0.5) is 0 Å². The summed E-state index contributed by atoms with van der Waals surface area (Å²) in [7, 11) is 0. The van der Waals surface area contributed by atoms with E-state index in [0.29, 0.717) is 13.2 Å². The molecule has 0 saturated heterocycles. The molecule has 1 N–H and O–H groups in total. The third-order valence-corrected chi connectivity index (χ3v) is 2.73. The lowest BCUT2D eigenvalue weighted by Gasteiger charge is -2.21. The van der Waals surface area contributed by atoms with Crippen molar-refractivity contribution < 1.29 is 9.53 Å². The Bertz CT molecular complexity index is 165. The van der Waals surface area contributed by atoms with Crippen LogP contribution in [0.25, 0.3) is 0 Å². The van der Waals surface area contributed by atoms with Gasteiger partial charge in [-0.2, -0.15) is 0 Å². The summed E-state index contributed by atoms with van der Waals surface area (Å²) in [5.74, 6) is 0.640. The predicted molar refractivity (Wildman–Crippen MR) is 56.1 cm³/mol. The van der Waals surface area contributed by atoms with Crippen molar-refractivity contribution in [3.8, 4) is 0 Å². The topological polar surface area (TPSA) is 38.3 Å². The van der Waals surface area contributed by atoms with Crippen LogP contribution in [0.3, 0.4) is 0 Å². The summed E-state index contributed by atoms with van der Waals surface area (Å²) >= 11 is 0. The van der Waals surface area contributed by atoms with Crippen molar-refractivity contribution >= 4 is 5.97 Å². The zero-order chi connectivity index (χ0) is 10.2. The first-order valence-electron chi connectivity index (χ1n) is 5.69. The van der Waals surface area contributed by atoms with E-state index in [1.165, 1.54) is 32.1 Å². The van der Waals surface area contributed by atoms with Gasteiger partial charge in [-0.15, -0.1) is 0 Å². The molecule has 0 spiro atoms. The molecule has 0 unspecified atom stereocenters. The van der Waals surface area contributed by atoms with Crippen LogP contribution in [0.2, 0.25) is 0 Å². The maximum absolute atomic E-state index is 11.0. The maximum Gasteiger partial charge on any atom is 0.319 e. The molecule has 0 aromatic rings. The Kier molecular flexibility index (Phi) is 5.60. The number of hydrogen-bond acceptors (Lipinski definition) is 3. The molecule has 0 atom stereocenters. The lowest BCUT2D eigenvalue weighted by atomic mass is 9.89. The van der Waals surface area contributed by atoms with Gasteiger partial charge in [0.2, 0.25) is 0 Å². The molecule has 0 aromatic carbocycles. The molecular weight excluding hydrogens is 178 g/mol. The Morgan fingerprint density at radius 3 is 2.71 bits per heavy atom. The molecule has 1 aliphatic carbocycles. The Balaban J connectivity index is 1.99. The zero-order valence-electron chi connectivity index (χ0n) is 9.05. The number of ether oxygens (including phenoxy) is 1. The van der Waals surface area contributed by atoms with E-state index in [0.717, 1.165) is 12.5 Å². The first kappa shape index (κ1) is 11.5. The summed E-state index contributed by atoms with van der Waals surface area (Å²) in [6.45, 7) is 3.64. The van der Waals surface area contributed by atoms with E-state index >= 15 is 0 Å². The van der Waals surface area contributed by atoms with Gasteiger partial charge in [0.15, 0.2) is 0 Å². The Morgan fingerprint density at radius 1 is 1.36 bits per heavy atom. The van der Waals surface area contributed by atoms with Gasteiger partial charge >= 0.3 is 5.97 Å². The number of esters is 1. The maximum atomic E-state index is 11.0. The van der Waals surface area contributed by atoms with Gasteiger partial charge in [-0.25, -0.2) is 0 Å². The molecule has 0 aromatic heterocycles. The molecule has 0 amide bonds. The number of carbonyl (C=O) groups is 1. The number of rotatable bonds is 5. The Hall–Kier alpha value is -0.570. The average molecular weight is 199 g/mol. The van der Waals surface area contributed by atoms with Crippen LogP contribution in [0, 0.1) is 5.92 Å². The fraction of sp³-hybridized carbons (Fsp3) is 0.909. The second-order valence-corrected chi connectivity index (χ2v) is 3.94. The van der Waals surface area contributed by atoms with Gasteiger partial charge < -0.3 is 10.1 Å². The van der Waals surface area contributed by atoms with Crippen LogP contribution in [-0.2, 0) is 9.53 Å². The fourth-order valence-corrected chi connectivity index (χ4v) is 1.98. The van der Waals surface area contributed by atoms with Gasteiger partial charge in [-0.1, -0.05) is 19.3 Å². The van der Waals surface area contributed by atoms with Crippen LogP contribution in [0.15, 0.2) is 0 Å². The molecule has 1 aliphatic rings. The average Bonchev–Trinajstić information content (AvgIpc) is 2.20. The van der Waals surface area contributed by atoms with Gasteiger partial charge in [0.05, 0.1) is 13.2 Å². The highest BCUT2D eigenvalue weighted by Crippen LogP contribution is 2.22. The van der Waals surface area contributed by atoms with Crippen LogP contribution in [0.1, 0.15) is 39.0 Å². The van der Waals surface area contributed by atoms with Crippen molar-refractivity contribution in [1.82, 2.24) is 5.32 Å². The van der Waals surface area contributed by atoms with Gasteiger partial charge in [0, 0.05) is 0 Å². The van der Waals surface area contributed by atoms with Crippen molar-refractivity contribution in [2.24, 2.45) is 5.92 Å². The predicted octanol–water partition coefficient (Wildman–Crippen LogP) is 1.72. The quantitative estimate of drug-likeness (QED) is 0.685. The van der Waals surface area contributed by atoms with Gasteiger partial charge in [0.1, 0.15) is 0 Å². The summed E-state index contributed by atoms with van der Waals surface area (Å²) in [6.07, 6.45) is 6.72. The van der Waals surface area contributed by atoms with Crippen LogP contribution >= 0.6 is 0 Å². The van der Waals surface area contributed by atoms with E-state index in [1.54, 1.807) is 0 Å². The summed E-state index contributed by atoms with van der Waals surface area (Å²) in [5.41, 5.74) is 0. The van der Waals surface area contributed by atoms with E-state index in [9.17, 15) is 4.79 Å². The van der Waals surface area contributed by atoms with Crippen LogP contribution in [0.5, 0.6) is 0 Å². The van der Waals surface area contributed by atoms with Crippen molar-refractivity contribution in [3.63, 3.8) is 0 Å². The van der Waals surface area contributed by atoms with Crippen LogP contribution < -0.4 is 5.32 Å². The van der Waals surface area contributed by atoms with Gasteiger partial charge in [-0.3, -0.25) is 4.79 Å². The third kappa shape index (κ3) is 4.61. The smallest absolute Gasteiger partial charge is 0.319 e. The first-order chi connectivity index (χ1) is 6.83. The minimum atomic E-state index is -0.136. The molecule has 1 saturated carbocycles. The molecule has 0 bridgehead atoms. The highest BCUT2D eigenvalue weighted by atomic mass is 16.5. The Labute approximate surface area is 86.2 Å². The molecule has 14 heavy (non-hydrogen) atoms. The van der Waals surface area contributed by atoms with Crippen LogP contribution in [-0.4, -0.2) is 25.7 Å². The highest BCUT2D eigenvalue weighted by Gasteiger charge is 2.13. The van der Waals surface area contributed by atoms with E-state index in [2.05, 4.69) is 5.32 Å².